The average Bonchev–Trinajstić information content (AvgIpc) is 1.59. The molecule has 1 fully saturated rings. The molecule has 0 aliphatic carbocycles. The quantitative estimate of drug-likeness (QED) is 0.303. The van der Waals surface area contributed by atoms with E-state index in [1.54, 1.807) is 0 Å². The second-order valence-corrected chi connectivity index (χ2v) is 1.60. The SMILES string of the molecule is Cl.O=C1CC(=O)NC(=O)N1.[H-].[Na+]. The predicted octanol–water partition coefficient (Wildman–Crippen LogP) is -3.72. The Kier molecular flexibility index (Phi) is 6.79. The zero-order valence-electron chi connectivity index (χ0n) is 6.84. The van der Waals surface area contributed by atoms with E-state index in [9.17, 15) is 14.4 Å². The van der Waals surface area contributed by atoms with Crippen molar-refractivity contribution in [3.63, 3.8) is 0 Å². The summed E-state index contributed by atoms with van der Waals surface area (Å²) in [7, 11) is 0. The van der Waals surface area contributed by atoms with Gasteiger partial charge in [-0.1, -0.05) is 0 Å². The molecule has 0 aromatic rings. The smallest absolute Gasteiger partial charge is 1.00 e. The summed E-state index contributed by atoms with van der Waals surface area (Å²) in [6.45, 7) is 0. The van der Waals surface area contributed by atoms with Crippen molar-refractivity contribution in [2.75, 3.05) is 0 Å². The fraction of sp³-hybridized carbons (Fsp3) is 0.250. The van der Waals surface area contributed by atoms with Gasteiger partial charge in [-0.2, -0.15) is 0 Å². The fourth-order valence-electron chi connectivity index (χ4n) is 0.519. The molecule has 0 aromatic carbocycles. The van der Waals surface area contributed by atoms with Crippen molar-refractivity contribution in [3.8, 4) is 0 Å². The molecule has 0 atom stereocenters. The van der Waals surface area contributed by atoms with Gasteiger partial charge in [0.25, 0.3) is 0 Å². The van der Waals surface area contributed by atoms with Gasteiger partial charge in [0.05, 0.1) is 0 Å². The summed E-state index contributed by atoms with van der Waals surface area (Å²) in [6.07, 6.45) is -0.258. The summed E-state index contributed by atoms with van der Waals surface area (Å²) in [5, 5.41) is 3.80. The van der Waals surface area contributed by atoms with Gasteiger partial charge in [0.1, 0.15) is 6.42 Å². The van der Waals surface area contributed by atoms with Crippen LogP contribution >= 0.6 is 12.4 Å². The molecule has 7 heteroatoms. The molecule has 2 N–H and O–H groups in total. The molecule has 5 nitrogen and oxygen atoms in total. The molecule has 1 heterocycles. The summed E-state index contributed by atoms with van der Waals surface area (Å²) < 4.78 is 0. The molecule has 0 spiro atoms. The Morgan fingerprint density at radius 2 is 1.45 bits per heavy atom. The Balaban J connectivity index is -0.000000270. The number of amides is 4. The number of rotatable bonds is 0. The molecule has 11 heavy (non-hydrogen) atoms. The van der Waals surface area contributed by atoms with E-state index in [0.29, 0.717) is 0 Å². The molecule has 0 unspecified atom stereocenters. The topological polar surface area (TPSA) is 75.3 Å². The molecule has 58 valence electrons. The van der Waals surface area contributed by atoms with Crippen LogP contribution < -0.4 is 40.2 Å². The van der Waals surface area contributed by atoms with Crippen molar-refractivity contribution >= 4 is 30.3 Å². The number of carbonyl (C=O) groups is 3. The van der Waals surface area contributed by atoms with Crippen molar-refractivity contribution in [1.82, 2.24) is 10.6 Å². The van der Waals surface area contributed by atoms with Crippen molar-refractivity contribution in [3.05, 3.63) is 0 Å². The number of hydrogen-bond acceptors (Lipinski definition) is 3. The van der Waals surface area contributed by atoms with Gasteiger partial charge in [-0.3, -0.25) is 20.2 Å². The third kappa shape index (κ3) is 4.36. The van der Waals surface area contributed by atoms with Gasteiger partial charge >= 0.3 is 35.6 Å². The maximum atomic E-state index is 10.3. The number of imide groups is 2. The molecule has 0 aromatic heterocycles. The minimum absolute atomic E-state index is 0. The van der Waals surface area contributed by atoms with E-state index in [-0.39, 0.29) is 49.8 Å². The van der Waals surface area contributed by atoms with Gasteiger partial charge in [-0.15, -0.1) is 12.4 Å². The summed E-state index contributed by atoms with van der Waals surface area (Å²) >= 11 is 0. The van der Waals surface area contributed by atoms with Crippen LogP contribution in [0.2, 0.25) is 0 Å². The van der Waals surface area contributed by atoms with Gasteiger partial charge in [0.15, 0.2) is 0 Å². The van der Waals surface area contributed by atoms with Gasteiger partial charge in [-0.25, -0.2) is 4.79 Å². The van der Waals surface area contributed by atoms with Gasteiger partial charge in [0.2, 0.25) is 11.8 Å². The van der Waals surface area contributed by atoms with E-state index in [4.69, 9.17) is 0 Å². The molecule has 1 saturated heterocycles. The number of nitrogens with one attached hydrogen (secondary N) is 2. The standard InChI is InChI=1S/C4H4N2O3.ClH.Na.H/c7-2-1-3(8)6-4(9)5-2;;;/h1H2,(H2,5,6,7,8,9);1H;;/q;;+1;-1. The van der Waals surface area contributed by atoms with E-state index in [1.807, 2.05) is 10.6 Å². The zero-order valence-corrected chi connectivity index (χ0v) is 8.66. The maximum absolute atomic E-state index is 10.3. The first-order valence-electron chi connectivity index (χ1n) is 2.32. The van der Waals surface area contributed by atoms with Crippen LogP contribution in [-0.4, -0.2) is 17.8 Å². The first-order valence-corrected chi connectivity index (χ1v) is 2.32. The number of carbonyl (C=O) groups excluding carboxylic acids is 3. The predicted molar refractivity (Wildman–Crippen MR) is 34.7 cm³/mol. The summed E-state index contributed by atoms with van der Waals surface area (Å²) in [6, 6.07) is -0.740. The maximum Gasteiger partial charge on any atom is 1.00 e. The van der Waals surface area contributed by atoms with E-state index in [0.717, 1.165) is 0 Å². The number of urea groups is 1. The Morgan fingerprint density at radius 3 is 1.73 bits per heavy atom. The number of barbiturate groups is 1. The van der Waals surface area contributed by atoms with Crippen LogP contribution in [0.25, 0.3) is 0 Å². The monoisotopic (exact) mass is 188 g/mol. The van der Waals surface area contributed by atoms with E-state index in [1.165, 1.54) is 0 Å². The molecule has 1 rings (SSSR count). The molecule has 0 bridgehead atoms. The van der Waals surface area contributed by atoms with Crippen molar-refractivity contribution in [2.24, 2.45) is 0 Å². The fourth-order valence-corrected chi connectivity index (χ4v) is 0.519. The molecule has 1 aliphatic heterocycles. The molecular weight excluding hydrogens is 182 g/mol. The van der Waals surface area contributed by atoms with Crippen LogP contribution in [0.15, 0.2) is 0 Å². The van der Waals surface area contributed by atoms with Gasteiger partial charge < -0.3 is 1.43 Å². The first kappa shape index (κ1) is 13.5. The van der Waals surface area contributed by atoms with Crippen LogP contribution in [0.4, 0.5) is 4.79 Å². The molecule has 1 aliphatic rings. The zero-order chi connectivity index (χ0) is 6.85. The van der Waals surface area contributed by atoms with Crippen LogP contribution in [-0.2, 0) is 9.59 Å². The van der Waals surface area contributed by atoms with Gasteiger partial charge in [0, 0.05) is 0 Å². The molecule has 4 amide bonds. The summed E-state index contributed by atoms with van der Waals surface area (Å²) in [5.74, 6) is -1.10. The molecule has 0 saturated carbocycles. The second kappa shape index (κ2) is 5.54. The Bertz CT molecular complexity index is 155. The Hall–Kier alpha value is -0.100. The Labute approximate surface area is 92.5 Å². The first-order chi connectivity index (χ1) is 4.18. The Morgan fingerprint density at radius 1 is 1.09 bits per heavy atom. The van der Waals surface area contributed by atoms with E-state index >= 15 is 0 Å². The van der Waals surface area contributed by atoms with Crippen LogP contribution in [0.5, 0.6) is 0 Å². The average molecular weight is 189 g/mol. The summed E-state index contributed by atoms with van der Waals surface area (Å²) in [4.78, 5) is 30.8. The van der Waals surface area contributed by atoms with Crippen LogP contribution in [0.1, 0.15) is 7.85 Å². The largest absolute Gasteiger partial charge is 1.00 e. The van der Waals surface area contributed by atoms with Crippen LogP contribution in [0, 0.1) is 0 Å². The number of halogens is 1. The number of hydrogen-bond donors (Lipinski definition) is 2. The minimum Gasteiger partial charge on any atom is -1.00 e. The summed E-state index contributed by atoms with van der Waals surface area (Å²) in [5.41, 5.74) is 0. The van der Waals surface area contributed by atoms with Crippen molar-refractivity contribution < 1.29 is 45.4 Å². The second-order valence-electron chi connectivity index (χ2n) is 1.60. The third-order valence-electron chi connectivity index (χ3n) is 0.827. The minimum atomic E-state index is -0.740. The van der Waals surface area contributed by atoms with E-state index in [2.05, 4.69) is 0 Å². The third-order valence-corrected chi connectivity index (χ3v) is 0.827. The van der Waals surface area contributed by atoms with Crippen molar-refractivity contribution in [2.45, 2.75) is 6.42 Å². The van der Waals surface area contributed by atoms with E-state index < -0.39 is 17.8 Å². The van der Waals surface area contributed by atoms with Crippen LogP contribution in [0.3, 0.4) is 0 Å². The molecular formula is C4H6ClN2NaO3. The normalized spacial score (nSPS) is 15.5. The van der Waals surface area contributed by atoms with Crippen molar-refractivity contribution in [1.29, 1.82) is 0 Å². The van der Waals surface area contributed by atoms with Gasteiger partial charge in [-0.05, 0) is 0 Å². The molecule has 0 radical (unpaired) electrons.